The number of benzene rings is 1. The molecule has 104 valence electrons. The molecule has 1 fully saturated rings. The Kier molecular flexibility index (Phi) is 5.41. The first-order chi connectivity index (χ1) is 9.20. The highest BCUT2D eigenvalue weighted by molar-refractivity contribution is 6.32. The summed E-state index contributed by atoms with van der Waals surface area (Å²) < 4.78 is 13.1. The van der Waals surface area contributed by atoms with Crippen LogP contribution >= 0.6 is 11.6 Å². The van der Waals surface area contributed by atoms with Crippen LogP contribution in [0, 0.1) is 11.7 Å². The smallest absolute Gasteiger partial charge is 0.124 e. The van der Waals surface area contributed by atoms with Crippen LogP contribution in [0.2, 0.25) is 5.02 Å². The third-order valence-corrected chi connectivity index (χ3v) is 4.14. The third-order valence-electron chi connectivity index (χ3n) is 3.81. The van der Waals surface area contributed by atoms with E-state index < -0.39 is 0 Å². The second-order valence-corrected chi connectivity index (χ2v) is 5.66. The van der Waals surface area contributed by atoms with Gasteiger partial charge in [0.25, 0.3) is 0 Å². The zero-order valence-electron chi connectivity index (χ0n) is 11.4. The number of halogens is 2. The predicted molar refractivity (Wildman–Crippen MR) is 79.9 cm³/mol. The van der Waals surface area contributed by atoms with Crippen LogP contribution in [0.25, 0.3) is 6.08 Å². The average molecular weight is 282 g/mol. The monoisotopic (exact) mass is 281 g/mol. The van der Waals surface area contributed by atoms with Gasteiger partial charge in [0.1, 0.15) is 5.82 Å². The van der Waals surface area contributed by atoms with Crippen LogP contribution in [0.15, 0.2) is 23.8 Å². The molecular formula is C16H21ClFN. The van der Waals surface area contributed by atoms with Crippen molar-refractivity contribution in [2.45, 2.75) is 32.1 Å². The Balaban J connectivity index is 2.23. The van der Waals surface area contributed by atoms with Gasteiger partial charge in [0, 0.05) is 6.54 Å². The highest BCUT2D eigenvalue weighted by Gasteiger charge is 2.17. The van der Waals surface area contributed by atoms with E-state index in [0.717, 1.165) is 12.1 Å². The van der Waals surface area contributed by atoms with Crippen molar-refractivity contribution < 1.29 is 4.39 Å². The Hall–Kier alpha value is -0.860. The Labute approximate surface area is 119 Å². The highest BCUT2D eigenvalue weighted by Crippen LogP contribution is 2.31. The van der Waals surface area contributed by atoms with Crippen molar-refractivity contribution in [3.8, 4) is 0 Å². The van der Waals surface area contributed by atoms with Crippen LogP contribution in [0.1, 0.15) is 37.7 Å². The zero-order chi connectivity index (χ0) is 13.7. The van der Waals surface area contributed by atoms with Gasteiger partial charge < -0.3 is 5.32 Å². The fourth-order valence-electron chi connectivity index (χ4n) is 2.81. The van der Waals surface area contributed by atoms with Crippen molar-refractivity contribution in [3.05, 3.63) is 40.2 Å². The van der Waals surface area contributed by atoms with Crippen molar-refractivity contribution in [1.29, 1.82) is 0 Å². The number of rotatable bonds is 4. The van der Waals surface area contributed by atoms with Crippen molar-refractivity contribution in [1.82, 2.24) is 5.32 Å². The van der Waals surface area contributed by atoms with E-state index >= 15 is 0 Å². The maximum Gasteiger partial charge on any atom is 0.124 e. The molecule has 0 atom stereocenters. The van der Waals surface area contributed by atoms with Crippen molar-refractivity contribution >= 4 is 17.7 Å². The summed E-state index contributed by atoms with van der Waals surface area (Å²) in [5.74, 6) is 0.359. The van der Waals surface area contributed by atoms with E-state index in [4.69, 9.17) is 11.6 Å². The van der Waals surface area contributed by atoms with E-state index in [1.807, 2.05) is 7.05 Å². The summed E-state index contributed by atoms with van der Waals surface area (Å²) in [4.78, 5) is 0. The van der Waals surface area contributed by atoms with Gasteiger partial charge in [-0.3, -0.25) is 0 Å². The molecule has 0 spiro atoms. The first-order valence-electron chi connectivity index (χ1n) is 7.01. The van der Waals surface area contributed by atoms with E-state index in [0.29, 0.717) is 10.9 Å². The third kappa shape index (κ3) is 4.05. The Morgan fingerprint density at radius 1 is 1.37 bits per heavy atom. The molecule has 1 aromatic rings. The summed E-state index contributed by atoms with van der Waals surface area (Å²) in [6.07, 6.45) is 8.61. The molecule has 1 saturated carbocycles. The fourth-order valence-corrected chi connectivity index (χ4v) is 3.03. The molecule has 2 rings (SSSR count). The predicted octanol–water partition coefficient (Wildman–Crippen LogP) is 4.66. The van der Waals surface area contributed by atoms with E-state index in [2.05, 4.69) is 11.4 Å². The molecule has 0 heterocycles. The summed E-state index contributed by atoms with van der Waals surface area (Å²) in [7, 11) is 1.96. The van der Waals surface area contributed by atoms with Gasteiger partial charge in [-0.05, 0) is 43.5 Å². The van der Waals surface area contributed by atoms with Crippen LogP contribution in [0.4, 0.5) is 4.39 Å². The number of likely N-dealkylation sites (N-methyl/N-ethyl adjacent to an activating group) is 1. The minimum atomic E-state index is -0.282. The van der Waals surface area contributed by atoms with Crippen LogP contribution in [0.5, 0.6) is 0 Å². The van der Waals surface area contributed by atoms with Crippen LogP contribution in [-0.2, 0) is 0 Å². The molecule has 0 amide bonds. The second kappa shape index (κ2) is 7.06. The Morgan fingerprint density at radius 2 is 2.11 bits per heavy atom. The Morgan fingerprint density at radius 3 is 2.74 bits per heavy atom. The molecule has 3 heteroatoms. The molecular weight excluding hydrogens is 261 g/mol. The summed E-state index contributed by atoms with van der Waals surface area (Å²) in [5, 5.41) is 3.72. The van der Waals surface area contributed by atoms with Gasteiger partial charge in [-0.1, -0.05) is 48.6 Å². The molecule has 0 unspecified atom stereocenters. The van der Waals surface area contributed by atoms with Crippen LogP contribution in [0.3, 0.4) is 0 Å². The van der Waals surface area contributed by atoms with Gasteiger partial charge >= 0.3 is 0 Å². The van der Waals surface area contributed by atoms with Crippen molar-refractivity contribution in [2.75, 3.05) is 13.6 Å². The lowest BCUT2D eigenvalue weighted by atomic mass is 9.83. The molecule has 19 heavy (non-hydrogen) atoms. The second-order valence-electron chi connectivity index (χ2n) is 5.25. The minimum absolute atomic E-state index is 0.282. The standard InChI is InChI=1S/C16H21ClFN/c1-19-11-14(12-5-3-2-4-6-12)9-13-7-8-15(18)10-16(13)17/h7-10,12,19H,2-6,11H2,1H3/b14-9-. The zero-order valence-corrected chi connectivity index (χ0v) is 12.1. The first-order valence-corrected chi connectivity index (χ1v) is 7.38. The normalized spacial score (nSPS) is 17.7. The van der Waals surface area contributed by atoms with Gasteiger partial charge in [0.05, 0.1) is 5.02 Å². The van der Waals surface area contributed by atoms with Crippen molar-refractivity contribution in [2.24, 2.45) is 5.92 Å². The molecule has 1 nitrogen and oxygen atoms in total. The molecule has 0 aromatic heterocycles. The summed E-state index contributed by atoms with van der Waals surface area (Å²) in [5.41, 5.74) is 2.30. The van der Waals surface area contributed by atoms with E-state index in [-0.39, 0.29) is 5.82 Å². The van der Waals surface area contributed by atoms with Crippen LogP contribution < -0.4 is 5.32 Å². The number of nitrogens with one attached hydrogen (secondary N) is 1. The van der Waals surface area contributed by atoms with Gasteiger partial charge in [-0.25, -0.2) is 4.39 Å². The fraction of sp³-hybridized carbons (Fsp3) is 0.500. The number of hydrogen-bond acceptors (Lipinski definition) is 1. The van der Waals surface area contributed by atoms with Gasteiger partial charge in [0.15, 0.2) is 0 Å². The van der Waals surface area contributed by atoms with E-state index in [9.17, 15) is 4.39 Å². The molecule has 1 aromatic carbocycles. The van der Waals surface area contributed by atoms with Gasteiger partial charge in [-0.2, -0.15) is 0 Å². The van der Waals surface area contributed by atoms with E-state index in [1.165, 1.54) is 49.8 Å². The van der Waals surface area contributed by atoms with Gasteiger partial charge in [-0.15, -0.1) is 0 Å². The largest absolute Gasteiger partial charge is 0.316 e. The van der Waals surface area contributed by atoms with E-state index in [1.54, 1.807) is 6.07 Å². The summed E-state index contributed by atoms with van der Waals surface area (Å²) >= 11 is 6.11. The topological polar surface area (TPSA) is 12.0 Å². The molecule has 0 aliphatic heterocycles. The lowest BCUT2D eigenvalue weighted by molar-refractivity contribution is 0.398. The maximum atomic E-state index is 13.1. The molecule has 0 radical (unpaired) electrons. The molecule has 1 N–H and O–H groups in total. The molecule has 0 bridgehead atoms. The van der Waals surface area contributed by atoms with Crippen molar-refractivity contribution in [3.63, 3.8) is 0 Å². The summed E-state index contributed by atoms with van der Waals surface area (Å²) in [6, 6.07) is 4.61. The SMILES string of the molecule is CNC/C(=C/c1ccc(F)cc1Cl)C1CCCCC1. The first kappa shape index (κ1) is 14.5. The minimum Gasteiger partial charge on any atom is -0.316 e. The lowest BCUT2D eigenvalue weighted by Crippen LogP contribution is -2.19. The quantitative estimate of drug-likeness (QED) is 0.846. The average Bonchev–Trinajstić information content (AvgIpc) is 2.42. The molecule has 1 aliphatic rings. The van der Waals surface area contributed by atoms with Crippen LogP contribution in [-0.4, -0.2) is 13.6 Å². The Bertz CT molecular complexity index is 450. The summed E-state index contributed by atoms with van der Waals surface area (Å²) in [6.45, 7) is 0.873. The molecule has 0 saturated heterocycles. The van der Waals surface area contributed by atoms with Gasteiger partial charge in [0.2, 0.25) is 0 Å². The lowest BCUT2D eigenvalue weighted by Gasteiger charge is -2.24. The highest BCUT2D eigenvalue weighted by atomic mass is 35.5. The molecule has 1 aliphatic carbocycles. The number of hydrogen-bond donors (Lipinski definition) is 1. The maximum absolute atomic E-state index is 13.1.